The molecule has 3 N–H and O–H groups in total. The number of anilines is 1. The van der Waals surface area contributed by atoms with E-state index in [9.17, 15) is 4.79 Å². The Morgan fingerprint density at radius 1 is 1.21 bits per heavy atom. The van der Waals surface area contributed by atoms with E-state index in [1.807, 2.05) is 19.1 Å². The fraction of sp³-hybridized carbons (Fsp3) is 0.353. The molecule has 2 rings (SSSR count). The second kappa shape index (κ2) is 9.67. The molecule has 0 fully saturated rings. The molecule has 0 bridgehead atoms. The van der Waals surface area contributed by atoms with Crippen LogP contribution in [0.4, 0.5) is 5.82 Å². The van der Waals surface area contributed by atoms with Crippen LogP contribution in [0.5, 0.6) is 0 Å². The van der Waals surface area contributed by atoms with E-state index in [0.29, 0.717) is 24.7 Å². The van der Waals surface area contributed by atoms with Crippen LogP contribution in [0.25, 0.3) is 0 Å². The summed E-state index contributed by atoms with van der Waals surface area (Å²) in [5.74, 6) is 1.21. The van der Waals surface area contributed by atoms with Crippen molar-refractivity contribution in [1.29, 1.82) is 0 Å². The molecule has 2 aromatic rings. The highest BCUT2D eigenvalue weighted by Crippen LogP contribution is 2.08. The van der Waals surface area contributed by atoms with Gasteiger partial charge in [0.15, 0.2) is 5.96 Å². The zero-order valence-electron chi connectivity index (χ0n) is 14.0. The quantitative estimate of drug-likeness (QED) is 0.531. The molecule has 0 aliphatic heterocycles. The minimum Gasteiger partial charge on any atom is -0.356 e. The Morgan fingerprint density at radius 2 is 2.04 bits per heavy atom. The van der Waals surface area contributed by atoms with E-state index in [4.69, 9.17) is 0 Å². The molecule has 6 nitrogen and oxygen atoms in total. The lowest BCUT2D eigenvalue weighted by molar-refractivity contribution is -0.116. The topological polar surface area (TPSA) is 78.4 Å². The average molecular weight is 345 g/mol. The Labute approximate surface area is 146 Å². The first-order chi connectivity index (χ1) is 11.7. The van der Waals surface area contributed by atoms with Gasteiger partial charge in [-0.25, -0.2) is 4.98 Å². The molecule has 1 amide bonds. The van der Waals surface area contributed by atoms with Crippen molar-refractivity contribution in [3.8, 4) is 0 Å². The molecule has 2 heterocycles. The number of nitrogens with one attached hydrogen (secondary N) is 3. The second-order valence-electron chi connectivity index (χ2n) is 5.22. The van der Waals surface area contributed by atoms with E-state index in [1.165, 1.54) is 4.88 Å². The minimum atomic E-state index is -0.0744. The molecule has 0 radical (unpaired) electrons. The van der Waals surface area contributed by atoms with Crippen LogP contribution in [-0.2, 0) is 11.2 Å². The zero-order chi connectivity index (χ0) is 17.2. The number of nitrogens with zero attached hydrogens (tertiary/aromatic N) is 2. The molecule has 0 atom stereocenters. The summed E-state index contributed by atoms with van der Waals surface area (Å²) in [6, 6.07) is 9.71. The molecule has 0 aliphatic rings. The van der Waals surface area contributed by atoms with Crippen LogP contribution in [0, 0.1) is 6.92 Å². The highest BCUT2D eigenvalue weighted by molar-refractivity contribution is 7.09. The first kappa shape index (κ1) is 17.9. The number of hydrogen-bond donors (Lipinski definition) is 3. The minimum absolute atomic E-state index is 0.0744. The van der Waals surface area contributed by atoms with Crippen molar-refractivity contribution in [3.63, 3.8) is 0 Å². The third-order valence-electron chi connectivity index (χ3n) is 3.27. The van der Waals surface area contributed by atoms with Crippen LogP contribution < -0.4 is 16.0 Å². The molecule has 128 valence electrons. The van der Waals surface area contributed by atoms with Gasteiger partial charge in [0, 0.05) is 37.1 Å². The number of aryl methyl sites for hydroxylation is 1. The molecular weight excluding hydrogens is 322 g/mol. The lowest BCUT2D eigenvalue weighted by Gasteiger charge is -2.11. The Hall–Kier alpha value is -2.41. The highest BCUT2D eigenvalue weighted by Gasteiger charge is 2.04. The van der Waals surface area contributed by atoms with E-state index < -0.39 is 0 Å². The van der Waals surface area contributed by atoms with Crippen molar-refractivity contribution < 1.29 is 4.79 Å². The predicted molar refractivity (Wildman–Crippen MR) is 99.6 cm³/mol. The van der Waals surface area contributed by atoms with Gasteiger partial charge in [0.25, 0.3) is 0 Å². The van der Waals surface area contributed by atoms with Crippen molar-refractivity contribution in [2.45, 2.75) is 19.8 Å². The number of aromatic nitrogens is 1. The highest BCUT2D eigenvalue weighted by atomic mass is 32.1. The standard InChI is InChI=1S/C17H23N5OS/c1-13-5-3-7-15(21-13)22-16(23)9-11-20-17(18-2)19-10-8-14-6-4-12-24-14/h3-7,12H,8-11H2,1-2H3,(H2,18,19,20)(H,21,22,23). The van der Waals surface area contributed by atoms with Gasteiger partial charge in [-0.15, -0.1) is 11.3 Å². The van der Waals surface area contributed by atoms with E-state index >= 15 is 0 Å². The molecule has 0 spiro atoms. The average Bonchev–Trinajstić information content (AvgIpc) is 3.06. The Kier molecular flexibility index (Phi) is 7.22. The molecule has 2 aromatic heterocycles. The van der Waals surface area contributed by atoms with Crippen LogP contribution in [0.1, 0.15) is 17.0 Å². The number of thiophene rings is 1. The molecule has 0 aliphatic carbocycles. The van der Waals surface area contributed by atoms with Gasteiger partial charge in [0.05, 0.1) is 0 Å². The number of carbonyl (C=O) groups excluding carboxylic acids is 1. The van der Waals surface area contributed by atoms with Crippen LogP contribution >= 0.6 is 11.3 Å². The number of carbonyl (C=O) groups is 1. The van der Waals surface area contributed by atoms with Crippen LogP contribution in [0.15, 0.2) is 40.7 Å². The fourth-order valence-corrected chi connectivity index (χ4v) is 2.80. The summed E-state index contributed by atoms with van der Waals surface area (Å²) in [6.07, 6.45) is 1.30. The Balaban J connectivity index is 1.64. The maximum absolute atomic E-state index is 11.9. The zero-order valence-corrected chi connectivity index (χ0v) is 14.8. The number of hydrogen-bond acceptors (Lipinski definition) is 4. The van der Waals surface area contributed by atoms with E-state index in [-0.39, 0.29) is 5.91 Å². The largest absolute Gasteiger partial charge is 0.356 e. The normalized spacial score (nSPS) is 11.2. The number of pyridine rings is 1. The summed E-state index contributed by atoms with van der Waals surface area (Å²) in [4.78, 5) is 21.7. The molecule has 24 heavy (non-hydrogen) atoms. The van der Waals surface area contributed by atoms with E-state index in [2.05, 4.69) is 43.4 Å². The summed E-state index contributed by atoms with van der Waals surface area (Å²) in [6.45, 7) is 3.21. The number of rotatable bonds is 7. The van der Waals surface area contributed by atoms with Gasteiger partial charge in [-0.2, -0.15) is 0 Å². The summed E-state index contributed by atoms with van der Waals surface area (Å²) in [5, 5.41) is 11.2. The van der Waals surface area contributed by atoms with Gasteiger partial charge in [-0.05, 0) is 36.9 Å². The first-order valence-corrected chi connectivity index (χ1v) is 8.76. The van der Waals surface area contributed by atoms with Crippen molar-refractivity contribution in [1.82, 2.24) is 15.6 Å². The molecular formula is C17H23N5OS. The Morgan fingerprint density at radius 3 is 2.75 bits per heavy atom. The van der Waals surface area contributed by atoms with Gasteiger partial charge in [-0.3, -0.25) is 9.79 Å². The van der Waals surface area contributed by atoms with Crippen LogP contribution in [0.3, 0.4) is 0 Å². The third-order valence-corrected chi connectivity index (χ3v) is 4.20. The monoisotopic (exact) mass is 345 g/mol. The summed E-state index contributed by atoms with van der Waals surface area (Å²) < 4.78 is 0. The maximum atomic E-state index is 11.9. The first-order valence-electron chi connectivity index (χ1n) is 7.88. The molecule has 0 saturated heterocycles. The Bertz CT molecular complexity index is 669. The molecule has 0 aromatic carbocycles. The van der Waals surface area contributed by atoms with Crippen LogP contribution in [0.2, 0.25) is 0 Å². The maximum Gasteiger partial charge on any atom is 0.227 e. The van der Waals surface area contributed by atoms with Gasteiger partial charge in [-0.1, -0.05) is 12.1 Å². The lowest BCUT2D eigenvalue weighted by atomic mass is 10.3. The smallest absolute Gasteiger partial charge is 0.227 e. The second-order valence-corrected chi connectivity index (χ2v) is 6.25. The predicted octanol–water partition coefficient (Wildman–Crippen LogP) is 2.19. The summed E-state index contributed by atoms with van der Waals surface area (Å²) in [5.41, 5.74) is 0.876. The number of amides is 1. The number of aliphatic imine (C=N–C) groups is 1. The van der Waals surface area contributed by atoms with Gasteiger partial charge >= 0.3 is 0 Å². The van der Waals surface area contributed by atoms with E-state index in [0.717, 1.165) is 18.7 Å². The fourth-order valence-electron chi connectivity index (χ4n) is 2.09. The van der Waals surface area contributed by atoms with Gasteiger partial charge in [0.2, 0.25) is 5.91 Å². The van der Waals surface area contributed by atoms with Crippen molar-refractivity contribution in [3.05, 3.63) is 46.3 Å². The number of guanidine groups is 1. The summed E-state index contributed by atoms with van der Waals surface area (Å²) >= 11 is 1.75. The molecule has 0 unspecified atom stereocenters. The molecule has 7 heteroatoms. The van der Waals surface area contributed by atoms with E-state index in [1.54, 1.807) is 24.5 Å². The van der Waals surface area contributed by atoms with Crippen molar-refractivity contribution >= 4 is 29.0 Å². The van der Waals surface area contributed by atoms with Crippen LogP contribution in [-0.4, -0.2) is 37.0 Å². The lowest BCUT2D eigenvalue weighted by Crippen LogP contribution is -2.39. The SMILES string of the molecule is CN=C(NCCC(=O)Nc1cccc(C)n1)NCCc1cccs1. The van der Waals surface area contributed by atoms with Gasteiger partial charge < -0.3 is 16.0 Å². The van der Waals surface area contributed by atoms with Gasteiger partial charge in [0.1, 0.15) is 5.82 Å². The third kappa shape index (κ3) is 6.37. The summed E-state index contributed by atoms with van der Waals surface area (Å²) in [7, 11) is 1.72. The molecule has 0 saturated carbocycles. The van der Waals surface area contributed by atoms with Crippen molar-refractivity contribution in [2.75, 3.05) is 25.5 Å². The van der Waals surface area contributed by atoms with Crippen molar-refractivity contribution in [2.24, 2.45) is 4.99 Å².